The molecule has 0 saturated carbocycles. The molecule has 0 bridgehead atoms. The summed E-state index contributed by atoms with van der Waals surface area (Å²) in [4.78, 5) is 66.5. The van der Waals surface area contributed by atoms with Crippen LogP contribution in [0.4, 0.5) is 22.1 Å². The molecular formula is C56H74N8O14. The molecule has 0 atom stereocenters. The number of aryl methyl sites for hydroxylation is 1. The van der Waals surface area contributed by atoms with E-state index < -0.39 is 17.7 Å². The van der Waals surface area contributed by atoms with Crippen molar-refractivity contribution < 1.29 is 67.0 Å². The number of methoxy groups -OCH3 is 1. The molecule has 5 rings (SSSR count). The number of anilines is 1. The Labute approximate surface area is 454 Å². The maximum absolute atomic E-state index is 13.1. The van der Waals surface area contributed by atoms with E-state index in [0.717, 1.165) is 35.9 Å². The molecule has 1 heterocycles. The van der Waals surface area contributed by atoms with Crippen LogP contribution in [0.2, 0.25) is 0 Å². The number of hydrogen-bond acceptors (Lipinski definition) is 17. The molecule has 5 N–H and O–H groups in total. The number of carbonyl (C=O) groups excluding carboxylic acids is 5. The van der Waals surface area contributed by atoms with Gasteiger partial charge in [0.05, 0.1) is 109 Å². The number of aromatic hydroxyl groups is 1. The summed E-state index contributed by atoms with van der Waals surface area (Å²) < 4.78 is 45.2. The molecule has 422 valence electrons. The summed E-state index contributed by atoms with van der Waals surface area (Å²) >= 11 is 0. The fourth-order valence-corrected chi connectivity index (χ4v) is 7.29. The van der Waals surface area contributed by atoms with Crippen LogP contribution in [0.15, 0.2) is 101 Å². The lowest BCUT2D eigenvalue weighted by Gasteiger charge is -2.19. The van der Waals surface area contributed by atoms with Gasteiger partial charge in [-0.05, 0) is 119 Å². The number of benzene rings is 4. The van der Waals surface area contributed by atoms with Crippen LogP contribution in [-0.4, -0.2) is 156 Å². The van der Waals surface area contributed by atoms with E-state index in [1.54, 1.807) is 75.4 Å². The summed E-state index contributed by atoms with van der Waals surface area (Å²) in [5.74, 6) is -0.878. The summed E-state index contributed by atoms with van der Waals surface area (Å²) in [6.45, 7) is 11.8. The minimum absolute atomic E-state index is 0.0373. The Morgan fingerprint density at radius 1 is 0.603 bits per heavy atom. The van der Waals surface area contributed by atoms with E-state index in [9.17, 15) is 29.1 Å². The normalized spacial score (nSPS) is 11.4. The molecule has 4 amide bonds. The Balaban J connectivity index is 0.774. The van der Waals surface area contributed by atoms with Crippen molar-refractivity contribution >= 4 is 58.1 Å². The lowest BCUT2D eigenvalue weighted by atomic mass is 10.1. The fourth-order valence-electron chi connectivity index (χ4n) is 7.29. The number of imidazole rings is 1. The van der Waals surface area contributed by atoms with Crippen molar-refractivity contribution in [1.82, 2.24) is 25.5 Å². The number of ether oxygens (including phenoxy) is 8. The number of phenolic OH excluding ortho intramolecular Hbond substituents is 1. The smallest absolute Gasteiger partial charge is 0.407 e. The van der Waals surface area contributed by atoms with Gasteiger partial charge < -0.3 is 63.5 Å². The number of alkyl carbamates (subject to hydrolysis) is 1. The molecule has 0 unspecified atom stereocenters. The van der Waals surface area contributed by atoms with Crippen molar-refractivity contribution in [3.8, 4) is 5.75 Å². The number of azo groups is 1. The number of esters is 1. The predicted octanol–water partition coefficient (Wildman–Crippen LogP) is 7.47. The molecule has 1 aromatic heterocycles. The van der Waals surface area contributed by atoms with Crippen molar-refractivity contribution in [3.63, 3.8) is 0 Å². The van der Waals surface area contributed by atoms with Gasteiger partial charge in [-0.2, -0.15) is 5.11 Å². The number of nitrogens with zero attached hydrogens (tertiary/aromatic N) is 4. The minimum atomic E-state index is -0.586. The molecule has 22 nitrogen and oxygen atoms in total. The van der Waals surface area contributed by atoms with Crippen LogP contribution >= 0.6 is 0 Å². The number of unbranched alkanes of at least 4 members (excludes halogenated alkanes) is 2. The van der Waals surface area contributed by atoms with Crippen LogP contribution in [0.25, 0.3) is 11.0 Å². The molecule has 0 aliphatic heterocycles. The zero-order chi connectivity index (χ0) is 55.8. The van der Waals surface area contributed by atoms with Crippen LogP contribution < -0.4 is 21.3 Å². The van der Waals surface area contributed by atoms with Gasteiger partial charge in [0.2, 0.25) is 11.9 Å². The van der Waals surface area contributed by atoms with Crippen molar-refractivity contribution in [1.29, 1.82) is 0 Å². The van der Waals surface area contributed by atoms with E-state index >= 15 is 0 Å². The Kier molecular flexibility index (Phi) is 27.2. The van der Waals surface area contributed by atoms with Gasteiger partial charge in [0.25, 0.3) is 11.8 Å². The van der Waals surface area contributed by atoms with Gasteiger partial charge in [-0.3, -0.25) is 19.7 Å². The third-order valence-electron chi connectivity index (χ3n) is 11.2. The molecule has 0 fully saturated rings. The van der Waals surface area contributed by atoms with Crippen molar-refractivity contribution in [2.45, 2.75) is 65.0 Å². The van der Waals surface area contributed by atoms with Crippen molar-refractivity contribution in [2.75, 3.05) is 111 Å². The summed E-state index contributed by atoms with van der Waals surface area (Å²) in [6.07, 6.45) is 2.69. The van der Waals surface area contributed by atoms with Crippen LogP contribution in [0, 0.1) is 0 Å². The molecule has 0 spiro atoms. The first-order chi connectivity index (χ1) is 37.8. The lowest BCUT2D eigenvalue weighted by molar-refractivity contribution is -0.122. The average molecular weight is 1080 g/mol. The Morgan fingerprint density at radius 2 is 1.24 bits per heavy atom. The lowest BCUT2D eigenvalue weighted by Crippen LogP contribution is -2.33. The topological polar surface area (TPSA) is 270 Å². The monoisotopic (exact) mass is 1080 g/mol. The SMILES string of the molecule is COC(=O)c1cccc(C(=O)Nc2nc3ccccc3n2CCCCCNC(=O)CCOCCOCCOCCOCCOCCOCCNC(=O)c2ccc(N=Nc3cc(CCNC(=O)OC(C)(C)C)ccc3O)cc2)c1. The first-order valence-electron chi connectivity index (χ1n) is 26.1. The maximum Gasteiger partial charge on any atom is 0.407 e. The third kappa shape index (κ3) is 23.5. The first-order valence-corrected chi connectivity index (χ1v) is 26.1. The van der Waals surface area contributed by atoms with Gasteiger partial charge in [0.1, 0.15) is 17.0 Å². The highest BCUT2D eigenvalue weighted by Gasteiger charge is 2.18. The molecule has 78 heavy (non-hydrogen) atoms. The maximum atomic E-state index is 13.1. The Bertz CT molecular complexity index is 2670. The number of fused-ring (bicyclic) bond motifs is 1. The third-order valence-corrected chi connectivity index (χ3v) is 11.2. The zero-order valence-electron chi connectivity index (χ0n) is 45.1. The number of hydrogen-bond donors (Lipinski definition) is 5. The van der Waals surface area contributed by atoms with Gasteiger partial charge in [0.15, 0.2) is 0 Å². The second-order valence-electron chi connectivity index (χ2n) is 18.4. The quantitative estimate of drug-likeness (QED) is 0.0148. The van der Waals surface area contributed by atoms with E-state index in [1.165, 1.54) is 19.2 Å². The van der Waals surface area contributed by atoms with Crippen molar-refractivity contribution in [3.05, 3.63) is 113 Å². The first kappa shape index (κ1) is 61.5. The summed E-state index contributed by atoms with van der Waals surface area (Å²) in [5.41, 5.74) is 3.71. The molecule has 0 radical (unpaired) electrons. The number of phenols is 1. The van der Waals surface area contributed by atoms with Gasteiger partial charge in [0, 0.05) is 43.7 Å². The van der Waals surface area contributed by atoms with Gasteiger partial charge >= 0.3 is 12.1 Å². The highest BCUT2D eigenvalue weighted by atomic mass is 16.6. The number of amides is 4. The number of aromatic nitrogens is 2. The van der Waals surface area contributed by atoms with Gasteiger partial charge in [-0.15, -0.1) is 5.11 Å². The zero-order valence-corrected chi connectivity index (χ0v) is 45.1. The molecule has 4 aromatic carbocycles. The number of para-hydroxylation sites is 2. The van der Waals surface area contributed by atoms with Crippen LogP contribution in [0.1, 0.15) is 83.1 Å². The highest BCUT2D eigenvalue weighted by Crippen LogP contribution is 2.29. The van der Waals surface area contributed by atoms with Crippen LogP contribution in [0.3, 0.4) is 0 Å². The molecular weight excluding hydrogens is 1010 g/mol. The Hall–Kier alpha value is -7.34. The standard InChI is InChI=1S/C56H74N8O14/c1-56(2,3)78-55(70)59-24-21-41-15-20-49(65)47(39-41)63-62-45-18-16-42(17-19-45)51(67)58-25-28-73-30-32-75-34-36-77-38-37-76-35-33-74-31-29-72-27-22-50(66)57-23-8-5-9-26-64-48-14-7-6-13-46(48)60-54(64)61-52(68)43-11-10-12-44(40-43)53(69)71-4/h6-7,10-20,39-40,65H,5,8-9,21-38H2,1-4H3,(H,57,66)(H,58,67)(H,59,70)(H,60,61,68). The fraction of sp³-hybridized carbons (Fsp3) is 0.464. The minimum Gasteiger partial charge on any atom is -0.506 e. The molecule has 0 aliphatic rings. The average Bonchev–Trinajstić information content (AvgIpc) is 3.77. The van der Waals surface area contributed by atoms with E-state index in [-0.39, 0.29) is 41.1 Å². The largest absolute Gasteiger partial charge is 0.506 e. The van der Waals surface area contributed by atoms with E-state index in [4.69, 9.17) is 37.9 Å². The van der Waals surface area contributed by atoms with Crippen molar-refractivity contribution in [2.24, 2.45) is 10.2 Å². The predicted molar refractivity (Wildman–Crippen MR) is 291 cm³/mol. The second kappa shape index (κ2) is 34.4. The van der Waals surface area contributed by atoms with E-state index in [0.29, 0.717) is 135 Å². The summed E-state index contributed by atoms with van der Waals surface area (Å²) in [6, 6.07) is 25.5. The Morgan fingerprint density at radius 3 is 1.91 bits per heavy atom. The second-order valence-corrected chi connectivity index (χ2v) is 18.4. The van der Waals surface area contributed by atoms with Gasteiger partial charge in [-0.25, -0.2) is 14.6 Å². The van der Waals surface area contributed by atoms with Gasteiger partial charge in [-0.1, -0.05) is 24.3 Å². The molecule has 5 aromatic rings. The highest BCUT2D eigenvalue weighted by molar-refractivity contribution is 6.05. The summed E-state index contributed by atoms with van der Waals surface area (Å²) in [5, 5.41) is 30.0. The van der Waals surface area contributed by atoms with E-state index in [2.05, 4.69) is 36.5 Å². The van der Waals surface area contributed by atoms with E-state index in [1.807, 2.05) is 28.8 Å². The van der Waals surface area contributed by atoms with Crippen LogP contribution in [0.5, 0.6) is 5.75 Å². The van der Waals surface area contributed by atoms with Crippen LogP contribution in [-0.2, 0) is 55.7 Å². The molecule has 0 saturated heterocycles. The number of nitrogens with one attached hydrogen (secondary N) is 4. The molecule has 0 aliphatic carbocycles. The number of carbonyl (C=O) groups is 5. The number of rotatable bonds is 36. The summed E-state index contributed by atoms with van der Waals surface area (Å²) in [7, 11) is 1.29. The molecule has 22 heteroatoms.